The molecule has 5 heteroatoms. The maximum absolute atomic E-state index is 5.52. The summed E-state index contributed by atoms with van der Waals surface area (Å²) in [5.41, 5.74) is 3.50. The minimum absolute atomic E-state index is 0.480. The van der Waals surface area contributed by atoms with Gasteiger partial charge < -0.3 is 9.42 Å². The fraction of sp³-hybridized carbons (Fsp3) is 0.364. The number of para-hydroxylation sites is 1. The third-order valence-electron chi connectivity index (χ3n) is 5.27. The molecular formula is C22H26N4O. The Labute approximate surface area is 160 Å². The Kier molecular flexibility index (Phi) is 5.21. The van der Waals surface area contributed by atoms with Crippen molar-refractivity contribution in [2.24, 2.45) is 0 Å². The van der Waals surface area contributed by atoms with Crippen molar-refractivity contribution >= 4 is 5.69 Å². The lowest BCUT2D eigenvalue weighted by atomic mass is 10.0. The summed E-state index contributed by atoms with van der Waals surface area (Å²) in [6.45, 7) is 4.89. The van der Waals surface area contributed by atoms with E-state index in [1.165, 1.54) is 24.1 Å². The molecule has 0 aliphatic carbocycles. The van der Waals surface area contributed by atoms with Crippen LogP contribution in [0.3, 0.4) is 0 Å². The first-order valence-electron chi connectivity index (χ1n) is 9.59. The molecule has 4 rings (SSSR count). The van der Waals surface area contributed by atoms with Gasteiger partial charge in [-0.15, -0.1) is 0 Å². The minimum atomic E-state index is 0.480. The van der Waals surface area contributed by atoms with Gasteiger partial charge in [0.05, 0.1) is 6.54 Å². The number of nitrogens with zero attached hydrogens (tertiary/aromatic N) is 4. The molecule has 1 saturated heterocycles. The Hall–Kier alpha value is -2.66. The van der Waals surface area contributed by atoms with Crippen LogP contribution in [0.4, 0.5) is 5.69 Å². The molecule has 140 valence electrons. The number of rotatable bonds is 5. The van der Waals surface area contributed by atoms with Crippen molar-refractivity contribution in [2.45, 2.75) is 32.4 Å². The summed E-state index contributed by atoms with van der Waals surface area (Å²) >= 11 is 0. The van der Waals surface area contributed by atoms with Crippen molar-refractivity contribution < 1.29 is 4.52 Å². The second-order valence-corrected chi connectivity index (χ2v) is 7.37. The summed E-state index contributed by atoms with van der Waals surface area (Å²) in [7, 11) is 2.15. The van der Waals surface area contributed by atoms with Crippen molar-refractivity contribution in [1.82, 2.24) is 15.0 Å². The molecule has 2 heterocycles. The van der Waals surface area contributed by atoms with E-state index in [4.69, 9.17) is 4.52 Å². The van der Waals surface area contributed by atoms with Gasteiger partial charge in [-0.2, -0.15) is 4.98 Å². The SMILES string of the molecule is Cc1cccc(-c2noc(CN(C)[C@@H]3CCCN(c4ccccc4)C3)n2)c1. The number of aromatic nitrogens is 2. The molecule has 0 spiro atoms. The average Bonchev–Trinajstić information content (AvgIpc) is 3.17. The Morgan fingerprint density at radius 3 is 2.81 bits per heavy atom. The van der Waals surface area contributed by atoms with E-state index in [1.807, 2.05) is 12.1 Å². The first kappa shape index (κ1) is 17.7. The van der Waals surface area contributed by atoms with Crippen LogP contribution in [0, 0.1) is 6.92 Å². The summed E-state index contributed by atoms with van der Waals surface area (Å²) < 4.78 is 5.52. The van der Waals surface area contributed by atoms with Gasteiger partial charge in [-0.25, -0.2) is 0 Å². The van der Waals surface area contributed by atoms with Crippen LogP contribution in [0.25, 0.3) is 11.4 Å². The molecule has 5 nitrogen and oxygen atoms in total. The Morgan fingerprint density at radius 2 is 2.00 bits per heavy atom. The summed E-state index contributed by atoms with van der Waals surface area (Å²) in [6, 6.07) is 19.3. The molecule has 0 unspecified atom stereocenters. The highest BCUT2D eigenvalue weighted by atomic mass is 16.5. The van der Waals surface area contributed by atoms with Crippen LogP contribution in [-0.4, -0.2) is 41.2 Å². The van der Waals surface area contributed by atoms with Crippen LogP contribution in [-0.2, 0) is 6.54 Å². The van der Waals surface area contributed by atoms with Crippen molar-refractivity contribution in [2.75, 3.05) is 25.0 Å². The first-order chi connectivity index (χ1) is 13.2. The van der Waals surface area contributed by atoms with Crippen LogP contribution in [0.2, 0.25) is 0 Å². The molecule has 27 heavy (non-hydrogen) atoms. The summed E-state index contributed by atoms with van der Waals surface area (Å²) in [5.74, 6) is 1.34. The van der Waals surface area contributed by atoms with Gasteiger partial charge in [0, 0.05) is 30.4 Å². The second kappa shape index (κ2) is 7.92. The third kappa shape index (κ3) is 4.19. The van der Waals surface area contributed by atoms with Crippen LogP contribution in [0.1, 0.15) is 24.3 Å². The zero-order valence-corrected chi connectivity index (χ0v) is 16.0. The predicted molar refractivity (Wildman–Crippen MR) is 108 cm³/mol. The highest BCUT2D eigenvalue weighted by Crippen LogP contribution is 2.23. The number of hydrogen-bond acceptors (Lipinski definition) is 5. The quantitative estimate of drug-likeness (QED) is 0.682. The van der Waals surface area contributed by atoms with Gasteiger partial charge in [0.25, 0.3) is 0 Å². The van der Waals surface area contributed by atoms with Crippen LogP contribution in [0.5, 0.6) is 0 Å². The molecule has 2 aromatic carbocycles. The third-order valence-corrected chi connectivity index (χ3v) is 5.27. The van der Waals surface area contributed by atoms with Crippen LogP contribution < -0.4 is 4.90 Å². The Bertz CT molecular complexity index is 877. The summed E-state index contributed by atoms with van der Waals surface area (Å²) in [4.78, 5) is 9.41. The molecule has 1 fully saturated rings. The van der Waals surface area contributed by atoms with E-state index in [0.717, 1.165) is 18.7 Å². The van der Waals surface area contributed by atoms with Gasteiger partial charge in [0.1, 0.15) is 0 Å². The van der Waals surface area contributed by atoms with E-state index in [9.17, 15) is 0 Å². The van der Waals surface area contributed by atoms with Gasteiger partial charge in [0.2, 0.25) is 11.7 Å². The molecule has 1 aliphatic heterocycles. The maximum Gasteiger partial charge on any atom is 0.241 e. The number of likely N-dealkylation sites (N-methyl/N-ethyl adjacent to an activating group) is 1. The zero-order valence-electron chi connectivity index (χ0n) is 16.0. The highest BCUT2D eigenvalue weighted by molar-refractivity contribution is 5.55. The normalized spacial score (nSPS) is 17.4. The average molecular weight is 362 g/mol. The fourth-order valence-corrected chi connectivity index (χ4v) is 3.75. The first-order valence-corrected chi connectivity index (χ1v) is 9.59. The molecule has 0 saturated carbocycles. The second-order valence-electron chi connectivity index (χ2n) is 7.37. The van der Waals surface area contributed by atoms with E-state index in [-0.39, 0.29) is 0 Å². The smallest absolute Gasteiger partial charge is 0.241 e. The van der Waals surface area contributed by atoms with Gasteiger partial charge in [-0.3, -0.25) is 4.90 Å². The number of hydrogen-bond donors (Lipinski definition) is 0. The molecular weight excluding hydrogens is 336 g/mol. The zero-order chi connectivity index (χ0) is 18.6. The summed E-state index contributed by atoms with van der Waals surface area (Å²) in [5, 5.41) is 4.17. The number of benzene rings is 2. The van der Waals surface area contributed by atoms with Crippen LogP contribution in [0.15, 0.2) is 59.1 Å². The van der Waals surface area contributed by atoms with Crippen LogP contribution >= 0.6 is 0 Å². The molecule has 1 aliphatic rings. The maximum atomic E-state index is 5.52. The van der Waals surface area contributed by atoms with E-state index in [2.05, 4.69) is 76.4 Å². The van der Waals surface area contributed by atoms with E-state index < -0.39 is 0 Å². The molecule has 0 amide bonds. The highest BCUT2D eigenvalue weighted by Gasteiger charge is 2.24. The predicted octanol–water partition coefficient (Wildman–Crippen LogP) is 4.15. The Morgan fingerprint density at radius 1 is 1.15 bits per heavy atom. The van der Waals surface area contributed by atoms with Crippen molar-refractivity contribution in [3.8, 4) is 11.4 Å². The van der Waals surface area contributed by atoms with E-state index in [1.54, 1.807) is 0 Å². The minimum Gasteiger partial charge on any atom is -0.370 e. The van der Waals surface area contributed by atoms with Gasteiger partial charge in [-0.1, -0.05) is 47.1 Å². The lowest BCUT2D eigenvalue weighted by Crippen LogP contribution is -2.46. The lowest BCUT2D eigenvalue weighted by Gasteiger charge is -2.38. The van der Waals surface area contributed by atoms with Crippen molar-refractivity contribution in [1.29, 1.82) is 0 Å². The number of aryl methyl sites for hydroxylation is 1. The Balaban J connectivity index is 1.41. The fourth-order valence-electron chi connectivity index (χ4n) is 3.75. The standard InChI is InChI=1S/C22H26N4O/c1-17-8-6-9-18(14-17)22-23-21(27-24-22)16-25(2)20-12-7-13-26(15-20)19-10-4-3-5-11-19/h3-6,8-11,14,20H,7,12-13,15-16H2,1-2H3/t20-/m1/s1. The molecule has 1 atom stereocenters. The molecule has 0 bridgehead atoms. The molecule has 0 N–H and O–H groups in total. The molecule has 0 radical (unpaired) electrons. The van der Waals surface area contributed by atoms with Crippen molar-refractivity contribution in [3.63, 3.8) is 0 Å². The molecule has 3 aromatic rings. The lowest BCUT2D eigenvalue weighted by molar-refractivity contribution is 0.184. The topological polar surface area (TPSA) is 45.4 Å². The van der Waals surface area contributed by atoms with E-state index in [0.29, 0.717) is 24.3 Å². The van der Waals surface area contributed by atoms with Gasteiger partial charge in [-0.05, 0) is 45.0 Å². The van der Waals surface area contributed by atoms with Gasteiger partial charge >= 0.3 is 0 Å². The molecule has 1 aromatic heterocycles. The van der Waals surface area contributed by atoms with Gasteiger partial charge in [0.15, 0.2) is 0 Å². The number of piperidine rings is 1. The van der Waals surface area contributed by atoms with Crippen molar-refractivity contribution in [3.05, 3.63) is 66.1 Å². The largest absolute Gasteiger partial charge is 0.370 e. The van der Waals surface area contributed by atoms with E-state index >= 15 is 0 Å². The summed E-state index contributed by atoms with van der Waals surface area (Å²) in [6.07, 6.45) is 2.39. The number of anilines is 1. The monoisotopic (exact) mass is 362 g/mol.